The summed E-state index contributed by atoms with van der Waals surface area (Å²) in [5, 5.41) is 11.9. The summed E-state index contributed by atoms with van der Waals surface area (Å²) in [6.45, 7) is 0. The summed E-state index contributed by atoms with van der Waals surface area (Å²) in [6.07, 6.45) is 0. The van der Waals surface area contributed by atoms with Crippen molar-refractivity contribution in [3.63, 3.8) is 0 Å². The quantitative estimate of drug-likeness (QED) is 0.473. The summed E-state index contributed by atoms with van der Waals surface area (Å²) >= 11 is 1.26. The number of aromatic nitrogens is 2. The number of amides is 1. The molecule has 0 aliphatic rings. The minimum absolute atomic E-state index is 0.176. The lowest BCUT2D eigenvalue weighted by Crippen LogP contribution is -2.26. The Morgan fingerprint density at radius 3 is 2.29 bits per heavy atom. The summed E-state index contributed by atoms with van der Waals surface area (Å²) < 4.78 is 26.9. The van der Waals surface area contributed by atoms with E-state index in [2.05, 4.69) is 15.5 Å². The van der Waals surface area contributed by atoms with Gasteiger partial charge < -0.3 is 0 Å². The third-order valence-corrected chi connectivity index (χ3v) is 7.23. The molecule has 0 atom stereocenters. The lowest BCUT2D eigenvalue weighted by molar-refractivity contribution is 0.102. The third-order valence-electron chi connectivity index (χ3n) is 4.54. The molecule has 1 heterocycles. The summed E-state index contributed by atoms with van der Waals surface area (Å²) in [7, 11) is -2.28. The molecule has 0 unspecified atom stereocenters. The van der Waals surface area contributed by atoms with Gasteiger partial charge in [-0.1, -0.05) is 65.9 Å². The van der Waals surface area contributed by atoms with Crippen molar-refractivity contribution in [2.75, 3.05) is 16.7 Å². The number of benzene rings is 3. The third kappa shape index (κ3) is 4.47. The average molecular weight is 451 g/mol. The Kier molecular flexibility index (Phi) is 5.79. The van der Waals surface area contributed by atoms with Crippen LogP contribution in [0.25, 0.3) is 10.6 Å². The minimum atomic E-state index is -3.74. The molecule has 31 heavy (non-hydrogen) atoms. The molecule has 0 aliphatic heterocycles. The normalized spacial score (nSPS) is 11.1. The van der Waals surface area contributed by atoms with E-state index in [9.17, 15) is 13.2 Å². The van der Waals surface area contributed by atoms with Gasteiger partial charge in [-0.2, -0.15) is 0 Å². The SMILES string of the molecule is CN(c1cccc(C(=O)Nc2nnc(-c3ccccc3)s2)c1)S(=O)(=O)c1ccccc1. The maximum atomic E-state index is 12.9. The predicted molar refractivity (Wildman–Crippen MR) is 122 cm³/mol. The summed E-state index contributed by atoms with van der Waals surface area (Å²) in [6, 6.07) is 24.1. The number of anilines is 2. The molecule has 7 nitrogen and oxygen atoms in total. The fourth-order valence-electron chi connectivity index (χ4n) is 2.87. The van der Waals surface area contributed by atoms with Gasteiger partial charge in [-0.3, -0.25) is 14.4 Å². The molecule has 0 bridgehead atoms. The second kappa shape index (κ2) is 8.66. The molecular weight excluding hydrogens is 432 g/mol. The van der Waals surface area contributed by atoms with Crippen molar-refractivity contribution in [1.82, 2.24) is 10.2 Å². The van der Waals surface area contributed by atoms with Gasteiger partial charge in [0.05, 0.1) is 10.6 Å². The van der Waals surface area contributed by atoms with Gasteiger partial charge >= 0.3 is 0 Å². The van der Waals surface area contributed by atoms with Crippen molar-refractivity contribution < 1.29 is 13.2 Å². The van der Waals surface area contributed by atoms with Gasteiger partial charge in [-0.05, 0) is 30.3 Å². The zero-order valence-corrected chi connectivity index (χ0v) is 18.1. The maximum Gasteiger partial charge on any atom is 0.264 e. The van der Waals surface area contributed by atoms with Crippen molar-refractivity contribution in [2.24, 2.45) is 0 Å². The highest BCUT2D eigenvalue weighted by molar-refractivity contribution is 7.92. The first-order chi connectivity index (χ1) is 14.9. The number of nitrogens with one attached hydrogen (secondary N) is 1. The second-order valence-electron chi connectivity index (χ2n) is 6.57. The van der Waals surface area contributed by atoms with Gasteiger partial charge in [-0.15, -0.1) is 10.2 Å². The Bertz CT molecular complexity index is 1310. The van der Waals surface area contributed by atoms with E-state index >= 15 is 0 Å². The molecule has 0 spiro atoms. The van der Waals surface area contributed by atoms with Crippen molar-refractivity contribution >= 4 is 38.1 Å². The van der Waals surface area contributed by atoms with E-state index in [0.717, 1.165) is 9.87 Å². The van der Waals surface area contributed by atoms with Gasteiger partial charge in [0, 0.05) is 18.2 Å². The number of rotatable bonds is 6. The Balaban J connectivity index is 1.53. The van der Waals surface area contributed by atoms with Crippen molar-refractivity contribution in [3.05, 3.63) is 90.5 Å². The Morgan fingerprint density at radius 2 is 1.58 bits per heavy atom. The van der Waals surface area contributed by atoms with E-state index in [0.29, 0.717) is 21.4 Å². The number of hydrogen-bond acceptors (Lipinski definition) is 6. The monoisotopic (exact) mass is 450 g/mol. The molecule has 1 aromatic heterocycles. The highest BCUT2D eigenvalue weighted by atomic mass is 32.2. The van der Waals surface area contributed by atoms with Crippen molar-refractivity contribution in [1.29, 1.82) is 0 Å². The molecule has 3 aromatic carbocycles. The number of hydrogen-bond donors (Lipinski definition) is 1. The standard InChI is InChI=1S/C22H18N4O3S2/c1-26(31(28,29)19-13-6-3-7-14-19)18-12-8-11-17(15-18)20(27)23-22-25-24-21(30-22)16-9-4-2-5-10-16/h2-15H,1H3,(H,23,25,27). The molecule has 4 rings (SSSR count). The number of carbonyl (C=O) groups is 1. The molecule has 1 N–H and O–H groups in total. The van der Waals surface area contributed by atoms with E-state index in [-0.39, 0.29) is 4.90 Å². The lowest BCUT2D eigenvalue weighted by atomic mass is 10.2. The first-order valence-corrected chi connectivity index (χ1v) is 11.5. The van der Waals surface area contributed by atoms with E-state index in [1.165, 1.54) is 36.6 Å². The molecule has 0 saturated heterocycles. The summed E-state index contributed by atoms with van der Waals surface area (Å²) in [5.74, 6) is -0.400. The van der Waals surface area contributed by atoms with Crippen LogP contribution in [0.2, 0.25) is 0 Å². The largest absolute Gasteiger partial charge is 0.296 e. The van der Waals surface area contributed by atoms with Gasteiger partial charge in [0.15, 0.2) is 0 Å². The van der Waals surface area contributed by atoms with Crippen molar-refractivity contribution in [2.45, 2.75) is 4.90 Å². The van der Waals surface area contributed by atoms with Crippen LogP contribution in [0.4, 0.5) is 10.8 Å². The van der Waals surface area contributed by atoms with E-state index in [1.807, 2.05) is 30.3 Å². The van der Waals surface area contributed by atoms with Crippen LogP contribution in [-0.4, -0.2) is 31.6 Å². The zero-order valence-electron chi connectivity index (χ0n) is 16.5. The minimum Gasteiger partial charge on any atom is -0.296 e. The van der Waals surface area contributed by atoms with Crippen LogP contribution in [-0.2, 0) is 10.0 Å². The van der Waals surface area contributed by atoms with Crippen molar-refractivity contribution in [3.8, 4) is 10.6 Å². The van der Waals surface area contributed by atoms with E-state index in [4.69, 9.17) is 0 Å². The molecule has 1 amide bonds. The molecule has 4 aromatic rings. The molecular formula is C22H18N4O3S2. The molecule has 0 saturated carbocycles. The van der Waals surface area contributed by atoms with Gasteiger partial charge in [0.1, 0.15) is 5.01 Å². The smallest absolute Gasteiger partial charge is 0.264 e. The first-order valence-electron chi connectivity index (χ1n) is 9.29. The highest BCUT2D eigenvalue weighted by Gasteiger charge is 2.22. The fraction of sp³-hybridized carbons (Fsp3) is 0.0455. The van der Waals surface area contributed by atoms with Gasteiger partial charge in [-0.25, -0.2) is 8.42 Å². The Hall–Kier alpha value is -3.56. The molecule has 156 valence electrons. The highest BCUT2D eigenvalue weighted by Crippen LogP contribution is 2.27. The number of carbonyl (C=O) groups excluding carboxylic acids is 1. The Labute approximate surface area is 184 Å². The van der Waals surface area contributed by atoms with Crippen LogP contribution in [0.5, 0.6) is 0 Å². The summed E-state index contributed by atoms with van der Waals surface area (Å²) in [4.78, 5) is 12.9. The molecule has 0 fully saturated rings. The lowest BCUT2D eigenvalue weighted by Gasteiger charge is -2.20. The van der Waals surface area contributed by atoms with Crippen LogP contribution >= 0.6 is 11.3 Å². The molecule has 9 heteroatoms. The number of sulfonamides is 1. The predicted octanol–water partition coefficient (Wildman–Crippen LogP) is 4.28. The van der Waals surface area contributed by atoms with Crippen LogP contribution < -0.4 is 9.62 Å². The first kappa shape index (κ1) is 20.7. The average Bonchev–Trinajstić information content (AvgIpc) is 3.28. The Morgan fingerprint density at radius 1 is 0.903 bits per heavy atom. The fourth-order valence-corrected chi connectivity index (χ4v) is 4.83. The summed E-state index contributed by atoms with van der Waals surface area (Å²) in [5.41, 5.74) is 1.60. The molecule has 0 radical (unpaired) electrons. The number of nitrogens with zero attached hydrogens (tertiary/aromatic N) is 3. The maximum absolute atomic E-state index is 12.9. The molecule has 0 aliphatic carbocycles. The second-order valence-corrected chi connectivity index (χ2v) is 9.52. The van der Waals surface area contributed by atoms with Gasteiger partial charge in [0.2, 0.25) is 5.13 Å². The topological polar surface area (TPSA) is 92.3 Å². The van der Waals surface area contributed by atoms with Crippen LogP contribution in [0.15, 0.2) is 89.8 Å². The van der Waals surface area contributed by atoms with Crippen LogP contribution in [0.1, 0.15) is 10.4 Å². The van der Waals surface area contributed by atoms with Gasteiger partial charge in [0.25, 0.3) is 15.9 Å². The van der Waals surface area contributed by atoms with E-state index < -0.39 is 15.9 Å². The van der Waals surface area contributed by atoms with E-state index in [1.54, 1.807) is 36.4 Å². The van der Waals surface area contributed by atoms with Crippen LogP contribution in [0, 0.1) is 0 Å². The zero-order chi connectivity index (χ0) is 21.8. The van der Waals surface area contributed by atoms with Crippen LogP contribution in [0.3, 0.4) is 0 Å².